The minimum absolute atomic E-state index is 0.316. The Morgan fingerprint density at radius 1 is 1.30 bits per heavy atom. The highest BCUT2D eigenvalue weighted by molar-refractivity contribution is 5.74. The van der Waals surface area contributed by atoms with Gasteiger partial charge in [-0.3, -0.25) is 4.79 Å². The summed E-state index contributed by atoms with van der Waals surface area (Å²) in [6, 6.07) is 12.0. The zero-order chi connectivity index (χ0) is 16.7. The number of rotatable bonds is 7. The average Bonchev–Trinajstić information content (AvgIpc) is 2.59. The molecule has 0 saturated carbocycles. The van der Waals surface area contributed by atoms with Crippen molar-refractivity contribution >= 4 is 5.97 Å². The van der Waals surface area contributed by atoms with Crippen LogP contribution >= 0.6 is 0 Å². The molecule has 2 aromatic rings. The Morgan fingerprint density at radius 3 is 2.65 bits per heavy atom. The van der Waals surface area contributed by atoms with Gasteiger partial charge in [0.2, 0.25) is 0 Å². The van der Waals surface area contributed by atoms with Crippen molar-refractivity contribution in [2.45, 2.75) is 19.1 Å². The van der Waals surface area contributed by atoms with Crippen LogP contribution in [0.25, 0.3) is 0 Å². The number of carbonyl (C=O) groups excluding carboxylic acids is 1. The summed E-state index contributed by atoms with van der Waals surface area (Å²) in [6.07, 6.45) is 3.43. The maximum absolute atomic E-state index is 12.2. The van der Waals surface area contributed by atoms with Gasteiger partial charge in [-0.2, -0.15) is 0 Å². The highest BCUT2D eigenvalue weighted by atomic mass is 16.5. The van der Waals surface area contributed by atoms with Gasteiger partial charge >= 0.3 is 5.97 Å². The molecule has 0 saturated heterocycles. The summed E-state index contributed by atoms with van der Waals surface area (Å²) in [5.41, 5.74) is 0.684. The van der Waals surface area contributed by atoms with Gasteiger partial charge in [-0.25, -0.2) is 4.79 Å². The zero-order valence-corrected chi connectivity index (χ0v) is 13.0. The van der Waals surface area contributed by atoms with Crippen molar-refractivity contribution in [3.63, 3.8) is 0 Å². The van der Waals surface area contributed by atoms with E-state index in [0.717, 1.165) is 5.56 Å². The standard InChI is InChI=1S/C18H19NO4/c1-3-7-16(18(21)22-2)19-11-10-15(12-17(19)20)23-13-14-8-5-4-6-9-14/h3-6,8-12,16H,1,7,13H2,2H3. The summed E-state index contributed by atoms with van der Waals surface area (Å²) in [5, 5.41) is 0. The normalized spacial score (nSPS) is 11.5. The average molecular weight is 313 g/mol. The van der Waals surface area contributed by atoms with E-state index < -0.39 is 12.0 Å². The Balaban J connectivity index is 2.15. The summed E-state index contributed by atoms with van der Waals surface area (Å²) in [6.45, 7) is 3.98. The van der Waals surface area contributed by atoms with E-state index >= 15 is 0 Å². The minimum atomic E-state index is -0.715. The van der Waals surface area contributed by atoms with Crippen molar-refractivity contribution < 1.29 is 14.3 Å². The monoisotopic (exact) mass is 313 g/mol. The van der Waals surface area contributed by atoms with Gasteiger partial charge in [0.15, 0.2) is 0 Å². The third kappa shape index (κ3) is 4.32. The van der Waals surface area contributed by atoms with Gasteiger partial charge in [0.05, 0.1) is 7.11 Å². The van der Waals surface area contributed by atoms with Crippen LogP contribution in [0.4, 0.5) is 0 Å². The van der Waals surface area contributed by atoms with E-state index in [1.165, 1.54) is 23.9 Å². The molecule has 0 spiro atoms. The van der Waals surface area contributed by atoms with Crippen LogP contribution in [0.3, 0.4) is 0 Å². The van der Waals surface area contributed by atoms with E-state index in [4.69, 9.17) is 9.47 Å². The molecule has 1 atom stereocenters. The van der Waals surface area contributed by atoms with Gasteiger partial charge in [-0.05, 0) is 18.1 Å². The van der Waals surface area contributed by atoms with Gasteiger partial charge in [0.1, 0.15) is 18.4 Å². The van der Waals surface area contributed by atoms with Crippen molar-refractivity contribution in [2.24, 2.45) is 0 Å². The molecule has 1 aromatic carbocycles. The predicted molar refractivity (Wildman–Crippen MR) is 87.3 cm³/mol. The molecule has 1 aromatic heterocycles. The molecule has 1 unspecified atom stereocenters. The van der Waals surface area contributed by atoms with Crippen LogP contribution in [0.1, 0.15) is 18.0 Å². The molecular formula is C18H19NO4. The number of pyridine rings is 1. The lowest BCUT2D eigenvalue weighted by molar-refractivity contribution is -0.144. The van der Waals surface area contributed by atoms with Crippen molar-refractivity contribution in [3.05, 3.63) is 77.2 Å². The SMILES string of the molecule is C=CCC(C(=O)OC)n1ccc(OCc2ccccc2)cc1=O. The number of hydrogen-bond donors (Lipinski definition) is 0. The fourth-order valence-electron chi connectivity index (χ4n) is 2.18. The first kappa shape index (κ1) is 16.5. The molecule has 0 radical (unpaired) electrons. The van der Waals surface area contributed by atoms with Gasteiger partial charge in [0, 0.05) is 12.3 Å². The molecule has 1 heterocycles. The summed E-state index contributed by atoms with van der Waals surface area (Å²) in [7, 11) is 1.29. The fourth-order valence-corrected chi connectivity index (χ4v) is 2.18. The predicted octanol–water partition coefficient (Wildman–Crippen LogP) is 2.72. The van der Waals surface area contributed by atoms with Gasteiger partial charge < -0.3 is 14.0 Å². The van der Waals surface area contributed by atoms with Gasteiger partial charge in [0.25, 0.3) is 5.56 Å². The highest BCUT2D eigenvalue weighted by Crippen LogP contribution is 2.15. The van der Waals surface area contributed by atoms with Gasteiger partial charge in [-0.1, -0.05) is 36.4 Å². The van der Waals surface area contributed by atoms with Crippen LogP contribution in [0.5, 0.6) is 5.75 Å². The molecule has 0 bridgehead atoms. The molecule has 0 aliphatic carbocycles. The molecule has 120 valence electrons. The van der Waals surface area contributed by atoms with E-state index in [9.17, 15) is 9.59 Å². The van der Waals surface area contributed by atoms with Crippen LogP contribution < -0.4 is 10.3 Å². The van der Waals surface area contributed by atoms with Crippen LogP contribution in [0.15, 0.2) is 66.1 Å². The summed E-state index contributed by atoms with van der Waals surface area (Å²) >= 11 is 0. The number of methoxy groups -OCH3 is 1. The number of allylic oxidation sites excluding steroid dienone is 1. The lowest BCUT2D eigenvalue weighted by atomic mass is 10.2. The largest absolute Gasteiger partial charge is 0.489 e. The first-order valence-electron chi connectivity index (χ1n) is 7.23. The molecule has 23 heavy (non-hydrogen) atoms. The zero-order valence-electron chi connectivity index (χ0n) is 13.0. The summed E-state index contributed by atoms with van der Waals surface area (Å²) in [5.74, 6) is -0.0257. The number of ether oxygens (including phenoxy) is 2. The van der Waals surface area contributed by atoms with Crippen molar-refractivity contribution in [1.82, 2.24) is 4.57 Å². The van der Waals surface area contributed by atoms with Crippen LogP contribution in [0.2, 0.25) is 0 Å². The molecule has 0 amide bonds. The second-order valence-electron chi connectivity index (χ2n) is 4.95. The maximum atomic E-state index is 12.2. The van der Waals surface area contributed by atoms with Crippen molar-refractivity contribution in [2.75, 3.05) is 7.11 Å². The third-order valence-electron chi connectivity index (χ3n) is 3.37. The molecule has 0 aliphatic heterocycles. The maximum Gasteiger partial charge on any atom is 0.329 e. The molecule has 2 rings (SSSR count). The molecule has 0 aliphatic rings. The molecule has 5 nitrogen and oxygen atoms in total. The topological polar surface area (TPSA) is 57.5 Å². The number of nitrogens with zero attached hydrogens (tertiary/aromatic N) is 1. The number of carbonyl (C=O) groups is 1. The van der Waals surface area contributed by atoms with Crippen LogP contribution in [-0.2, 0) is 16.1 Å². The number of esters is 1. The molecule has 5 heteroatoms. The molecular weight excluding hydrogens is 294 g/mol. The lowest BCUT2D eigenvalue weighted by Crippen LogP contribution is -2.29. The summed E-state index contributed by atoms with van der Waals surface area (Å²) in [4.78, 5) is 24.0. The second-order valence-corrected chi connectivity index (χ2v) is 4.95. The summed E-state index contributed by atoms with van der Waals surface area (Å²) < 4.78 is 11.7. The first-order valence-corrected chi connectivity index (χ1v) is 7.23. The van der Waals surface area contributed by atoms with Crippen LogP contribution in [0, 0.1) is 0 Å². The lowest BCUT2D eigenvalue weighted by Gasteiger charge is -2.16. The Bertz CT molecular complexity index is 721. The fraction of sp³-hybridized carbons (Fsp3) is 0.222. The minimum Gasteiger partial charge on any atom is -0.489 e. The molecule has 0 N–H and O–H groups in total. The Morgan fingerprint density at radius 2 is 2.04 bits per heavy atom. The number of aromatic nitrogens is 1. The van der Waals surface area contributed by atoms with Crippen LogP contribution in [-0.4, -0.2) is 17.6 Å². The Hall–Kier alpha value is -2.82. The Kier molecular flexibility index (Phi) is 5.74. The smallest absolute Gasteiger partial charge is 0.329 e. The van der Waals surface area contributed by atoms with Crippen molar-refractivity contribution in [3.8, 4) is 5.75 Å². The van der Waals surface area contributed by atoms with Gasteiger partial charge in [-0.15, -0.1) is 6.58 Å². The molecule has 0 fully saturated rings. The van der Waals surface area contributed by atoms with E-state index in [1.807, 2.05) is 30.3 Å². The van der Waals surface area contributed by atoms with E-state index in [0.29, 0.717) is 18.8 Å². The third-order valence-corrected chi connectivity index (χ3v) is 3.37. The van der Waals surface area contributed by atoms with E-state index in [2.05, 4.69) is 6.58 Å². The van der Waals surface area contributed by atoms with Crippen molar-refractivity contribution in [1.29, 1.82) is 0 Å². The number of benzene rings is 1. The van der Waals surface area contributed by atoms with E-state index in [1.54, 1.807) is 12.1 Å². The Labute approximate surface area is 134 Å². The first-order chi connectivity index (χ1) is 11.2. The van der Waals surface area contributed by atoms with E-state index in [-0.39, 0.29) is 5.56 Å². The second kappa shape index (κ2) is 7.98. The highest BCUT2D eigenvalue weighted by Gasteiger charge is 2.20. The number of hydrogen-bond acceptors (Lipinski definition) is 4. The quantitative estimate of drug-likeness (QED) is 0.582.